The van der Waals surface area contributed by atoms with Crippen molar-refractivity contribution < 1.29 is 4.79 Å². The molecule has 4 rings (SSSR count). The van der Waals surface area contributed by atoms with Crippen molar-refractivity contribution in [2.24, 2.45) is 5.92 Å². The largest absolute Gasteiger partial charge is 0.331 e. The molecule has 1 spiro atoms. The normalized spacial score (nSPS) is 23.3. The van der Waals surface area contributed by atoms with Gasteiger partial charge in [0.2, 0.25) is 0 Å². The number of carbonyl (C=O) groups excluding carboxylic acids is 1. The molecule has 5 heteroatoms. The van der Waals surface area contributed by atoms with E-state index in [4.69, 9.17) is 0 Å². The number of fused-ring (bicyclic) bond motifs is 2. The zero-order chi connectivity index (χ0) is 18.9. The van der Waals surface area contributed by atoms with Crippen LogP contribution in [0.25, 0.3) is 0 Å². The quantitative estimate of drug-likeness (QED) is 0.869. The highest BCUT2D eigenvalue weighted by Crippen LogP contribution is 2.42. The number of hydrogen-bond donors (Lipinski definition) is 1. The number of benzene rings is 1. The Labute approximate surface area is 163 Å². The molecule has 2 saturated heterocycles. The van der Waals surface area contributed by atoms with E-state index in [0.717, 1.165) is 44.9 Å². The predicted molar refractivity (Wildman–Crippen MR) is 109 cm³/mol. The van der Waals surface area contributed by atoms with Crippen molar-refractivity contribution in [2.45, 2.75) is 37.6 Å². The lowest BCUT2D eigenvalue weighted by Gasteiger charge is -2.49. The first-order valence-electron chi connectivity index (χ1n) is 10.6. The first kappa shape index (κ1) is 18.8. The Morgan fingerprint density at radius 1 is 1.19 bits per heavy atom. The third kappa shape index (κ3) is 3.85. The molecule has 1 aromatic carbocycles. The van der Waals surface area contributed by atoms with Crippen LogP contribution in [0.4, 0.5) is 4.79 Å². The van der Waals surface area contributed by atoms with Crippen LogP contribution in [0.2, 0.25) is 0 Å². The van der Waals surface area contributed by atoms with Crippen molar-refractivity contribution in [1.29, 1.82) is 0 Å². The molecule has 2 amide bonds. The van der Waals surface area contributed by atoms with Crippen molar-refractivity contribution in [3.05, 3.63) is 35.4 Å². The fourth-order valence-corrected chi connectivity index (χ4v) is 5.33. The summed E-state index contributed by atoms with van der Waals surface area (Å²) in [5.74, 6) is 0.853. The Balaban J connectivity index is 1.49. The van der Waals surface area contributed by atoms with Crippen molar-refractivity contribution >= 4 is 6.03 Å². The van der Waals surface area contributed by atoms with Gasteiger partial charge >= 0.3 is 6.03 Å². The number of nitrogens with one attached hydrogen (secondary N) is 1. The molecule has 1 aromatic rings. The third-order valence-electron chi connectivity index (χ3n) is 6.88. The smallest absolute Gasteiger partial charge is 0.319 e. The maximum Gasteiger partial charge on any atom is 0.319 e. The Hall–Kier alpha value is -1.59. The molecule has 2 fully saturated rings. The summed E-state index contributed by atoms with van der Waals surface area (Å²) in [6.45, 7) is 7.52. The lowest BCUT2D eigenvalue weighted by atomic mass is 9.68. The van der Waals surface area contributed by atoms with Gasteiger partial charge in [-0.05, 0) is 68.9 Å². The van der Waals surface area contributed by atoms with Gasteiger partial charge in [0.05, 0.1) is 0 Å². The summed E-state index contributed by atoms with van der Waals surface area (Å²) in [7, 11) is 3.72. The van der Waals surface area contributed by atoms with E-state index in [1.165, 1.54) is 43.6 Å². The monoisotopic (exact) mass is 370 g/mol. The van der Waals surface area contributed by atoms with Gasteiger partial charge in [-0.2, -0.15) is 0 Å². The molecule has 0 bridgehead atoms. The molecule has 0 unspecified atom stereocenters. The number of amides is 2. The molecular formula is C22H34N4O. The van der Waals surface area contributed by atoms with Crippen LogP contribution in [-0.4, -0.2) is 74.1 Å². The van der Waals surface area contributed by atoms with Crippen LogP contribution in [0.3, 0.4) is 0 Å². The minimum Gasteiger partial charge on any atom is -0.331 e. The maximum atomic E-state index is 12.7. The molecule has 0 radical (unpaired) electrons. The molecule has 3 heterocycles. The number of likely N-dealkylation sites (tertiary alicyclic amines) is 1. The van der Waals surface area contributed by atoms with E-state index < -0.39 is 0 Å². The van der Waals surface area contributed by atoms with Crippen molar-refractivity contribution in [1.82, 2.24) is 20.0 Å². The van der Waals surface area contributed by atoms with Gasteiger partial charge < -0.3 is 20.0 Å². The SMILES string of the molecule is CN(C)C(=O)N1Cc2ccccc2C2(CCN(CC3CCNCC3)CC2)C1. The van der Waals surface area contributed by atoms with Crippen LogP contribution in [0, 0.1) is 5.92 Å². The summed E-state index contributed by atoms with van der Waals surface area (Å²) in [4.78, 5) is 19.1. The molecule has 5 nitrogen and oxygen atoms in total. The number of carbonyl (C=O) groups is 1. The zero-order valence-electron chi connectivity index (χ0n) is 16.9. The van der Waals surface area contributed by atoms with Gasteiger partial charge in [0.15, 0.2) is 0 Å². The fraction of sp³-hybridized carbons (Fsp3) is 0.682. The second-order valence-electron chi connectivity index (χ2n) is 8.96. The highest BCUT2D eigenvalue weighted by atomic mass is 16.2. The van der Waals surface area contributed by atoms with E-state index in [1.807, 2.05) is 14.1 Å². The topological polar surface area (TPSA) is 38.8 Å². The Morgan fingerprint density at radius 3 is 2.59 bits per heavy atom. The molecule has 0 saturated carbocycles. The summed E-state index contributed by atoms with van der Waals surface area (Å²) in [5, 5.41) is 3.47. The van der Waals surface area contributed by atoms with Crippen LogP contribution in [0.1, 0.15) is 36.8 Å². The average molecular weight is 371 g/mol. The average Bonchev–Trinajstić information content (AvgIpc) is 2.70. The third-order valence-corrected chi connectivity index (χ3v) is 6.88. The molecule has 3 aliphatic rings. The Kier molecular flexibility index (Phi) is 5.42. The van der Waals surface area contributed by atoms with Crippen molar-refractivity contribution in [2.75, 3.05) is 53.4 Å². The number of nitrogens with zero attached hydrogens (tertiary/aromatic N) is 3. The number of rotatable bonds is 2. The van der Waals surface area contributed by atoms with E-state index in [-0.39, 0.29) is 11.4 Å². The van der Waals surface area contributed by atoms with Gasteiger partial charge in [-0.3, -0.25) is 0 Å². The molecule has 3 aliphatic heterocycles. The molecule has 1 N–H and O–H groups in total. The summed E-state index contributed by atoms with van der Waals surface area (Å²) in [6.07, 6.45) is 4.95. The van der Waals surface area contributed by atoms with Crippen LogP contribution in [0.5, 0.6) is 0 Å². The first-order valence-corrected chi connectivity index (χ1v) is 10.6. The highest BCUT2D eigenvalue weighted by Gasteiger charge is 2.43. The second kappa shape index (κ2) is 7.80. The Bertz CT molecular complexity index is 660. The fourth-order valence-electron chi connectivity index (χ4n) is 5.33. The van der Waals surface area contributed by atoms with E-state index in [2.05, 4.69) is 39.4 Å². The summed E-state index contributed by atoms with van der Waals surface area (Å²) in [6, 6.07) is 8.96. The number of hydrogen-bond acceptors (Lipinski definition) is 3. The summed E-state index contributed by atoms with van der Waals surface area (Å²) in [5.41, 5.74) is 2.96. The van der Waals surface area contributed by atoms with Gasteiger partial charge in [0.1, 0.15) is 0 Å². The maximum absolute atomic E-state index is 12.7. The molecule has 148 valence electrons. The number of urea groups is 1. The predicted octanol–water partition coefficient (Wildman–Crippen LogP) is 2.52. The Morgan fingerprint density at radius 2 is 1.89 bits per heavy atom. The van der Waals surface area contributed by atoms with Crippen molar-refractivity contribution in [3.8, 4) is 0 Å². The van der Waals surface area contributed by atoms with Crippen molar-refractivity contribution in [3.63, 3.8) is 0 Å². The van der Waals surface area contributed by atoms with E-state index >= 15 is 0 Å². The van der Waals surface area contributed by atoms with E-state index in [1.54, 1.807) is 4.90 Å². The van der Waals surface area contributed by atoms with Gasteiger partial charge in [0.25, 0.3) is 0 Å². The standard InChI is InChI=1S/C22H34N4O/c1-24(2)21(27)26-16-19-5-3-4-6-20(19)22(17-26)9-13-25(14-10-22)15-18-7-11-23-12-8-18/h3-6,18,23H,7-17H2,1-2H3. The van der Waals surface area contributed by atoms with Crippen LogP contribution >= 0.6 is 0 Å². The first-order chi connectivity index (χ1) is 13.1. The van der Waals surface area contributed by atoms with Crippen LogP contribution in [0.15, 0.2) is 24.3 Å². The summed E-state index contributed by atoms with van der Waals surface area (Å²) < 4.78 is 0. The van der Waals surface area contributed by atoms with Crippen LogP contribution in [-0.2, 0) is 12.0 Å². The molecule has 0 atom stereocenters. The highest BCUT2D eigenvalue weighted by molar-refractivity contribution is 5.74. The zero-order valence-corrected chi connectivity index (χ0v) is 16.9. The van der Waals surface area contributed by atoms with Gasteiger partial charge in [-0.1, -0.05) is 24.3 Å². The molecule has 27 heavy (non-hydrogen) atoms. The summed E-state index contributed by atoms with van der Waals surface area (Å²) >= 11 is 0. The van der Waals surface area contributed by atoms with E-state index in [0.29, 0.717) is 0 Å². The van der Waals surface area contributed by atoms with Gasteiger partial charge in [-0.25, -0.2) is 4.79 Å². The molecule has 0 aromatic heterocycles. The molecule has 0 aliphatic carbocycles. The lowest BCUT2D eigenvalue weighted by molar-refractivity contribution is 0.0884. The van der Waals surface area contributed by atoms with Crippen LogP contribution < -0.4 is 5.32 Å². The number of piperidine rings is 2. The lowest BCUT2D eigenvalue weighted by Crippen LogP contribution is -2.55. The second-order valence-corrected chi connectivity index (χ2v) is 8.96. The minimum atomic E-state index is 0.130. The van der Waals surface area contributed by atoms with Gasteiger partial charge in [0, 0.05) is 39.1 Å². The van der Waals surface area contributed by atoms with Gasteiger partial charge in [-0.15, -0.1) is 0 Å². The van der Waals surface area contributed by atoms with E-state index in [9.17, 15) is 4.79 Å². The minimum absolute atomic E-state index is 0.130. The molecular weight excluding hydrogens is 336 g/mol.